The van der Waals surface area contributed by atoms with E-state index in [1.807, 2.05) is 30.3 Å². The highest BCUT2D eigenvalue weighted by atomic mass is 16.5. The average molecular weight is 354 g/mol. The van der Waals surface area contributed by atoms with E-state index >= 15 is 0 Å². The Morgan fingerprint density at radius 1 is 1.08 bits per heavy atom. The Labute approximate surface area is 151 Å². The van der Waals surface area contributed by atoms with Gasteiger partial charge in [-0.25, -0.2) is 0 Å². The molecule has 1 aliphatic rings. The fourth-order valence-corrected chi connectivity index (χ4v) is 2.79. The van der Waals surface area contributed by atoms with Crippen LogP contribution in [0.2, 0.25) is 0 Å². The van der Waals surface area contributed by atoms with Crippen LogP contribution in [0.15, 0.2) is 54.6 Å². The van der Waals surface area contributed by atoms with Crippen LogP contribution in [0.5, 0.6) is 11.5 Å². The van der Waals surface area contributed by atoms with E-state index in [-0.39, 0.29) is 30.4 Å². The highest BCUT2D eigenvalue weighted by molar-refractivity contribution is 5.95. The molecule has 1 aliphatic heterocycles. The topological polar surface area (TPSA) is 105 Å². The van der Waals surface area contributed by atoms with E-state index in [4.69, 9.17) is 10.5 Å². The molecule has 7 nitrogen and oxygen atoms in total. The molecule has 26 heavy (non-hydrogen) atoms. The fraction of sp³-hybridized carbons (Fsp3) is 0.263. The molecule has 1 fully saturated rings. The zero-order valence-corrected chi connectivity index (χ0v) is 14.3. The zero-order valence-electron chi connectivity index (χ0n) is 14.3. The predicted molar refractivity (Wildman–Crippen MR) is 99.0 cm³/mol. The van der Waals surface area contributed by atoms with Crippen molar-refractivity contribution in [1.82, 2.24) is 10.6 Å². The molecule has 1 saturated heterocycles. The van der Waals surface area contributed by atoms with Crippen molar-refractivity contribution in [1.29, 1.82) is 0 Å². The van der Waals surface area contributed by atoms with Crippen molar-refractivity contribution in [2.75, 3.05) is 18.4 Å². The summed E-state index contributed by atoms with van der Waals surface area (Å²) < 4.78 is 5.72. The van der Waals surface area contributed by atoms with Gasteiger partial charge in [-0.2, -0.15) is 0 Å². The van der Waals surface area contributed by atoms with Gasteiger partial charge in [0.1, 0.15) is 11.5 Å². The first kappa shape index (κ1) is 17.9. The van der Waals surface area contributed by atoms with Gasteiger partial charge in [-0.05, 0) is 42.8 Å². The van der Waals surface area contributed by atoms with Gasteiger partial charge in [0.25, 0.3) is 0 Å². The molecule has 2 aromatic carbocycles. The Kier molecular flexibility index (Phi) is 5.83. The number of rotatable bonds is 6. The number of carbonyl (C=O) groups excluding carboxylic acids is 2. The van der Waals surface area contributed by atoms with Crippen molar-refractivity contribution < 1.29 is 14.3 Å². The molecule has 136 valence electrons. The number of nitrogens with one attached hydrogen (secondary N) is 3. The van der Waals surface area contributed by atoms with E-state index in [0.29, 0.717) is 24.4 Å². The van der Waals surface area contributed by atoms with Gasteiger partial charge in [0.15, 0.2) is 0 Å². The second-order valence-electron chi connectivity index (χ2n) is 6.09. The monoisotopic (exact) mass is 354 g/mol. The minimum atomic E-state index is -0.349. The number of amides is 2. The summed E-state index contributed by atoms with van der Waals surface area (Å²) >= 11 is 0. The van der Waals surface area contributed by atoms with Gasteiger partial charge in [-0.3, -0.25) is 9.59 Å². The first-order valence-electron chi connectivity index (χ1n) is 8.50. The van der Waals surface area contributed by atoms with Crippen molar-refractivity contribution in [3.8, 4) is 11.5 Å². The summed E-state index contributed by atoms with van der Waals surface area (Å²) in [6.07, 6.45) is 0.534. The van der Waals surface area contributed by atoms with Gasteiger partial charge in [-0.15, -0.1) is 0 Å². The van der Waals surface area contributed by atoms with Gasteiger partial charge in [0.05, 0.1) is 12.6 Å². The summed E-state index contributed by atoms with van der Waals surface area (Å²) in [5.74, 6) is 1.10. The Balaban J connectivity index is 1.51. The normalized spacial score (nSPS) is 19.0. The lowest BCUT2D eigenvalue weighted by Crippen LogP contribution is -2.39. The third-order valence-corrected chi connectivity index (χ3v) is 4.10. The van der Waals surface area contributed by atoms with Crippen LogP contribution < -0.4 is 26.4 Å². The van der Waals surface area contributed by atoms with Crippen molar-refractivity contribution in [2.24, 2.45) is 5.73 Å². The molecule has 1 unspecified atom stereocenters. The van der Waals surface area contributed by atoms with Crippen molar-refractivity contribution in [3.05, 3.63) is 54.6 Å². The third kappa shape index (κ3) is 4.81. The first-order chi connectivity index (χ1) is 12.6. The van der Waals surface area contributed by atoms with Gasteiger partial charge >= 0.3 is 0 Å². The molecule has 5 N–H and O–H groups in total. The lowest BCUT2D eigenvalue weighted by Gasteiger charge is -2.13. The van der Waals surface area contributed by atoms with Crippen molar-refractivity contribution in [3.63, 3.8) is 0 Å². The maximum absolute atomic E-state index is 12.3. The number of anilines is 1. The van der Waals surface area contributed by atoms with E-state index in [9.17, 15) is 9.59 Å². The smallest absolute Gasteiger partial charge is 0.241 e. The molecule has 0 aliphatic carbocycles. The molecule has 1 heterocycles. The third-order valence-electron chi connectivity index (χ3n) is 4.10. The summed E-state index contributed by atoms with van der Waals surface area (Å²) in [7, 11) is 0. The average Bonchev–Trinajstić information content (AvgIpc) is 3.12. The van der Waals surface area contributed by atoms with E-state index in [0.717, 1.165) is 5.75 Å². The summed E-state index contributed by atoms with van der Waals surface area (Å²) in [6, 6.07) is 16.2. The Hall–Kier alpha value is -2.90. The van der Waals surface area contributed by atoms with Crippen molar-refractivity contribution in [2.45, 2.75) is 18.5 Å². The molecule has 0 bridgehead atoms. The number of carbonyl (C=O) groups is 2. The quantitative estimate of drug-likeness (QED) is 0.624. The van der Waals surface area contributed by atoms with E-state index in [2.05, 4.69) is 16.0 Å². The number of ether oxygens (including phenoxy) is 1. The van der Waals surface area contributed by atoms with Gasteiger partial charge in [0, 0.05) is 18.3 Å². The number of nitrogens with two attached hydrogens (primary N) is 1. The zero-order chi connectivity index (χ0) is 18.4. The molecule has 0 saturated carbocycles. The molecule has 2 amide bonds. The van der Waals surface area contributed by atoms with Gasteiger partial charge < -0.3 is 26.4 Å². The van der Waals surface area contributed by atoms with E-state index in [1.54, 1.807) is 24.3 Å². The molecular formula is C19H22N4O3. The molecule has 0 aromatic heterocycles. The van der Waals surface area contributed by atoms with Crippen LogP contribution in [0.25, 0.3) is 0 Å². The molecule has 3 rings (SSSR count). The summed E-state index contributed by atoms with van der Waals surface area (Å²) in [4.78, 5) is 23.7. The lowest BCUT2D eigenvalue weighted by molar-refractivity contribution is -0.121. The van der Waals surface area contributed by atoms with Crippen LogP contribution in [-0.4, -0.2) is 37.0 Å². The standard InChI is InChI=1S/C19H22N4O3/c20-11-18(24)22-14-10-17(21-12-14)19(25)23-13-6-8-16(9-7-13)26-15-4-2-1-3-5-15/h1-9,14,17,21H,10-12,20H2,(H,22,24)(H,23,25)/t14?,17-/m0/s1. The van der Waals surface area contributed by atoms with E-state index in [1.165, 1.54) is 0 Å². The lowest BCUT2D eigenvalue weighted by atomic mass is 10.1. The van der Waals surface area contributed by atoms with Crippen LogP contribution in [0, 0.1) is 0 Å². The molecule has 2 aromatic rings. The van der Waals surface area contributed by atoms with Crippen LogP contribution in [0.3, 0.4) is 0 Å². The van der Waals surface area contributed by atoms with Gasteiger partial charge in [-0.1, -0.05) is 18.2 Å². The van der Waals surface area contributed by atoms with Crippen LogP contribution in [0.4, 0.5) is 5.69 Å². The molecular weight excluding hydrogens is 332 g/mol. The number of benzene rings is 2. The van der Waals surface area contributed by atoms with Crippen LogP contribution in [0.1, 0.15) is 6.42 Å². The molecule has 7 heteroatoms. The minimum Gasteiger partial charge on any atom is -0.457 e. The SMILES string of the molecule is NCC(=O)NC1CN[C@H](C(=O)Nc2ccc(Oc3ccccc3)cc2)C1. The Morgan fingerprint density at radius 2 is 1.77 bits per heavy atom. The number of hydrogen-bond acceptors (Lipinski definition) is 5. The number of para-hydroxylation sites is 1. The maximum Gasteiger partial charge on any atom is 0.241 e. The predicted octanol–water partition coefficient (Wildman–Crippen LogP) is 1.22. The van der Waals surface area contributed by atoms with Crippen LogP contribution in [-0.2, 0) is 9.59 Å². The summed E-state index contributed by atoms with van der Waals surface area (Å²) in [6.45, 7) is 0.498. The molecule has 0 radical (unpaired) electrons. The molecule has 2 atom stereocenters. The highest BCUT2D eigenvalue weighted by Crippen LogP contribution is 2.22. The molecule has 0 spiro atoms. The van der Waals surface area contributed by atoms with Crippen molar-refractivity contribution >= 4 is 17.5 Å². The summed E-state index contributed by atoms with van der Waals surface area (Å²) in [5, 5.41) is 8.76. The Morgan fingerprint density at radius 3 is 2.46 bits per heavy atom. The van der Waals surface area contributed by atoms with Crippen LogP contribution >= 0.6 is 0 Å². The second-order valence-corrected chi connectivity index (χ2v) is 6.09. The Bertz CT molecular complexity index is 749. The van der Waals surface area contributed by atoms with E-state index < -0.39 is 0 Å². The maximum atomic E-state index is 12.3. The minimum absolute atomic E-state index is 0.0508. The number of hydrogen-bond donors (Lipinski definition) is 4. The largest absolute Gasteiger partial charge is 0.457 e. The highest BCUT2D eigenvalue weighted by Gasteiger charge is 2.30. The first-order valence-corrected chi connectivity index (χ1v) is 8.50. The summed E-state index contributed by atoms with van der Waals surface area (Å²) in [5.41, 5.74) is 5.97. The van der Waals surface area contributed by atoms with Gasteiger partial charge in [0.2, 0.25) is 11.8 Å². The second kappa shape index (κ2) is 8.46. The fourth-order valence-electron chi connectivity index (χ4n) is 2.79.